The van der Waals surface area contributed by atoms with E-state index in [0.29, 0.717) is 11.9 Å². The van der Waals surface area contributed by atoms with Crippen LogP contribution in [0.2, 0.25) is 0 Å². The van der Waals surface area contributed by atoms with Crippen LogP contribution in [0.4, 0.5) is 0 Å². The van der Waals surface area contributed by atoms with Crippen LogP contribution in [0.15, 0.2) is 24.3 Å². The number of nitrogens with zero attached hydrogens (tertiary/aromatic N) is 1. The Morgan fingerprint density at radius 2 is 2.00 bits per heavy atom. The Bertz CT molecular complexity index is 513. The van der Waals surface area contributed by atoms with Crippen LogP contribution in [0.25, 0.3) is 0 Å². The molecule has 1 aromatic rings. The minimum Gasteiger partial charge on any atom is -1.00 e. The van der Waals surface area contributed by atoms with Crippen LogP contribution in [0, 0.1) is 12.8 Å². The van der Waals surface area contributed by atoms with E-state index in [2.05, 4.69) is 5.32 Å². The first kappa shape index (κ1) is 16.6. The quantitative estimate of drug-likeness (QED) is 0.454. The number of fused-ring (bicyclic) bond motifs is 3. The van der Waals surface area contributed by atoms with E-state index in [4.69, 9.17) is 11.6 Å². The van der Waals surface area contributed by atoms with Crippen molar-refractivity contribution in [2.75, 3.05) is 25.6 Å². The van der Waals surface area contributed by atoms with Crippen molar-refractivity contribution in [2.24, 2.45) is 5.92 Å². The third kappa shape index (κ3) is 3.20. The Kier molecular flexibility index (Phi) is 5.18. The number of quaternary nitrogens is 1. The smallest absolute Gasteiger partial charge is 0.251 e. The first-order chi connectivity index (χ1) is 9.63. The number of piperidine rings is 3. The zero-order valence-electron chi connectivity index (χ0n) is 12.3. The second kappa shape index (κ2) is 6.55. The van der Waals surface area contributed by atoms with Gasteiger partial charge in [0.2, 0.25) is 0 Å². The largest absolute Gasteiger partial charge is 1.00 e. The molecule has 1 aromatic carbocycles. The summed E-state index contributed by atoms with van der Waals surface area (Å²) in [6.45, 7) is 5.32. The summed E-state index contributed by atoms with van der Waals surface area (Å²) in [7, 11) is 0. The number of amides is 1. The van der Waals surface area contributed by atoms with E-state index < -0.39 is 0 Å². The molecular weight excluding hydrogens is 307 g/mol. The Hall–Kier alpha value is -0.770. The predicted molar refractivity (Wildman–Crippen MR) is 80.7 cm³/mol. The fraction of sp³-hybridized carbons (Fsp3) is 0.562. The molecule has 1 atom stereocenters. The fourth-order valence-electron chi connectivity index (χ4n) is 3.69. The molecule has 5 heteroatoms. The van der Waals surface area contributed by atoms with Gasteiger partial charge in [-0.15, -0.1) is 0 Å². The molecule has 0 spiro atoms. The molecule has 0 aliphatic carbocycles. The average molecular weight is 329 g/mol. The van der Waals surface area contributed by atoms with Gasteiger partial charge in [0, 0.05) is 18.4 Å². The topological polar surface area (TPSA) is 29.1 Å². The second-order valence-electron chi connectivity index (χ2n) is 6.32. The maximum absolute atomic E-state index is 12.5. The SMILES string of the molecule is Cc1ccccc1C(=O)NC1C[N+]2(CCl)CCC1CC2.[Cl-]. The van der Waals surface area contributed by atoms with Crippen LogP contribution < -0.4 is 17.7 Å². The van der Waals surface area contributed by atoms with E-state index in [1.807, 2.05) is 31.2 Å². The van der Waals surface area contributed by atoms with Gasteiger partial charge in [0.25, 0.3) is 5.91 Å². The van der Waals surface area contributed by atoms with Crippen LogP contribution >= 0.6 is 11.6 Å². The molecule has 0 radical (unpaired) electrons. The Morgan fingerprint density at radius 3 is 2.62 bits per heavy atom. The van der Waals surface area contributed by atoms with Crippen LogP contribution in [0.5, 0.6) is 0 Å². The summed E-state index contributed by atoms with van der Waals surface area (Å²) in [5.74, 6) is 0.695. The van der Waals surface area contributed by atoms with E-state index in [9.17, 15) is 4.79 Å². The number of hydrogen-bond donors (Lipinski definition) is 1. The van der Waals surface area contributed by atoms with Crippen molar-refractivity contribution in [2.45, 2.75) is 25.8 Å². The second-order valence-corrected chi connectivity index (χ2v) is 6.56. The van der Waals surface area contributed by atoms with E-state index in [1.165, 1.54) is 25.9 Å². The highest BCUT2D eigenvalue weighted by atomic mass is 35.5. The zero-order chi connectivity index (χ0) is 14.2. The molecule has 3 fully saturated rings. The maximum Gasteiger partial charge on any atom is 0.251 e. The van der Waals surface area contributed by atoms with Gasteiger partial charge in [0.1, 0.15) is 6.54 Å². The lowest BCUT2D eigenvalue weighted by Gasteiger charge is -2.51. The monoisotopic (exact) mass is 328 g/mol. The highest BCUT2D eigenvalue weighted by molar-refractivity contribution is 6.17. The molecule has 116 valence electrons. The summed E-state index contributed by atoms with van der Waals surface area (Å²) in [6.07, 6.45) is 2.37. The highest BCUT2D eigenvalue weighted by Crippen LogP contribution is 2.34. The lowest BCUT2D eigenvalue weighted by Crippen LogP contribution is -3.00. The number of nitrogens with one attached hydrogen (secondary N) is 1. The van der Waals surface area contributed by atoms with Gasteiger partial charge in [-0.05, 0) is 24.5 Å². The van der Waals surface area contributed by atoms with Gasteiger partial charge in [-0.2, -0.15) is 0 Å². The van der Waals surface area contributed by atoms with Crippen LogP contribution in [0.3, 0.4) is 0 Å². The van der Waals surface area contributed by atoms with Crippen molar-refractivity contribution in [1.82, 2.24) is 5.32 Å². The first-order valence-electron chi connectivity index (χ1n) is 7.41. The summed E-state index contributed by atoms with van der Waals surface area (Å²) in [6, 6.07) is 8.72. The van der Waals surface area contributed by atoms with Crippen molar-refractivity contribution in [3.63, 3.8) is 0 Å². The number of benzene rings is 1. The average Bonchev–Trinajstić information content (AvgIpc) is 2.49. The van der Waals surface area contributed by atoms with Gasteiger partial charge >= 0.3 is 0 Å². The van der Waals surface area contributed by atoms with Crippen molar-refractivity contribution in [1.29, 1.82) is 0 Å². The van der Waals surface area contributed by atoms with Crippen LogP contribution in [-0.4, -0.2) is 42.1 Å². The number of rotatable bonds is 3. The fourth-order valence-corrected chi connectivity index (χ4v) is 4.03. The highest BCUT2D eigenvalue weighted by Gasteiger charge is 2.45. The Labute approximate surface area is 137 Å². The lowest BCUT2D eigenvalue weighted by molar-refractivity contribution is -0.933. The number of halogens is 2. The number of carbonyl (C=O) groups excluding carboxylic acids is 1. The summed E-state index contributed by atoms with van der Waals surface area (Å²) in [5.41, 5.74) is 1.83. The summed E-state index contributed by atoms with van der Waals surface area (Å²) < 4.78 is 0.969. The van der Waals surface area contributed by atoms with Gasteiger partial charge in [-0.25, -0.2) is 0 Å². The lowest BCUT2D eigenvalue weighted by atomic mass is 9.82. The third-order valence-corrected chi connectivity index (χ3v) is 5.57. The number of hydrogen-bond acceptors (Lipinski definition) is 1. The van der Waals surface area contributed by atoms with Gasteiger partial charge in [-0.1, -0.05) is 29.8 Å². The van der Waals surface area contributed by atoms with Crippen LogP contribution in [-0.2, 0) is 0 Å². The summed E-state index contributed by atoms with van der Waals surface area (Å²) in [5, 5.41) is 3.25. The minimum absolute atomic E-state index is 0. The van der Waals surface area contributed by atoms with Crippen LogP contribution in [0.1, 0.15) is 28.8 Å². The molecule has 1 N–H and O–H groups in total. The molecule has 1 unspecified atom stereocenters. The van der Waals surface area contributed by atoms with E-state index >= 15 is 0 Å². The molecular formula is C16H22Cl2N2O. The summed E-state index contributed by atoms with van der Waals surface area (Å²) >= 11 is 6.17. The Balaban J connectivity index is 0.00000161. The normalized spacial score (nSPS) is 30.6. The Morgan fingerprint density at radius 1 is 1.33 bits per heavy atom. The van der Waals surface area contributed by atoms with Crippen molar-refractivity contribution < 1.29 is 21.7 Å². The molecule has 21 heavy (non-hydrogen) atoms. The summed E-state index contributed by atoms with van der Waals surface area (Å²) in [4.78, 5) is 12.5. The minimum atomic E-state index is 0. The van der Waals surface area contributed by atoms with Crippen molar-refractivity contribution >= 4 is 17.5 Å². The number of aryl methyl sites for hydroxylation is 1. The number of alkyl halides is 1. The van der Waals surface area contributed by atoms with Crippen molar-refractivity contribution in [3.05, 3.63) is 35.4 Å². The molecule has 0 saturated carbocycles. The molecule has 3 aliphatic rings. The zero-order valence-corrected chi connectivity index (χ0v) is 13.8. The van der Waals surface area contributed by atoms with E-state index in [1.54, 1.807) is 0 Å². The van der Waals surface area contributed by atoms with E-state index in [-0.39, 0.29) is 24.4 Å². The molecule has 3 saturated heterocycles. The van der Waals surface area contributed by atoms with Crippen molar-refractivity contribution in [3.8, 4) is 0 Å². The van der Waals surface area contributed by atoms with Gasteiger partial charge in [0.05, 0.1) is 19.1 Å². The number of carbonyl (C=O) groups is 1. The van der Waals surface area contributed by atoms with E-state index in [0.717, 1.165) is 22.2 Å². The molecule has 0 aromatic heterocycles. The van der Waals surface area contributed by atoms with Gasteiger partial charge in [-0.3, -0.25) is 4.79 Å². The molecule has 3 nitrogen and oxygen atoms in total. The standard InChI is InChI=1S/C16H21ClN2O.ClH/c1-12-4-2-3-5-14(12)16(20)18-15-10-19(11-17)8-6-13(15)7-9-19;/h2-5,13,15H,6-11H2,1H3;1H. The molecule has 3 heterocycles. The molecule has 1 amide bonds. The van der Waals surface area contributed by atoms with Gasteiger partial charge in [0.15, 0.2) is 6.00 Å². The maximum atomic E-state index is 12.5. The predicted octanol–water partition coefficient (Wildman–Crippen LogP) is -0.466. The molecule has 4 rings (SSSR count). The third-order valence-electron chi connectivity index (χ3n) is 5.06. The molecule has 3 aliphatic heterocycles. The molecule has 2 bridgehead atoms. The first-order valence-corrected chi connectivity index (χ1v) is 7.94. The van der Waals surface area contributed by atoms with Gasteiger partial charge < -0.3 is 22.2 Å².